The van der Waals surface area contributed by atoms with Crippen molar-refractivity contribution in [1.82, 2.24) is 20.1 Å². The van der Waals surface area contributed by atoms with Gasteiger partial charge < -0.3 is 15.2 Å². The van der Waals surface area contributed by atoms with Crippen molar-refractivity contribution in [3.63, 3.8) is 0 Å². The van der Waals surface area contributed by atoms with Gasteiger partial charge in [-0.25, -0.2) is 4.79 Å². The number of carbonyl (C=O) groups excluding carboxylic acids is 1. The second-order valence-electron chi connectivity index (χ2n) is 6.46. The molecule has 2 N–H and O–H groups in total. The third kappa shape index (κ3) is 3.67. The Balaban J connectivity index is 1.46. The third-order valence-electron chi connectivity index (χ3n) is 4.68. The number of carbonyl (C=O) groups is 1. The average molecular weight is 314 g/mol. The van der Waals surface area contributed by atoms with Crippen molar-refractivity contribution in [2.75, 3.05) is 32.7 Å². The first-order valence-corrected chi connectivity index (χ1v) is 8.47. The van der Waals surface area contributed by atoms with Crippen LogP contribution in [0.1, 0.15) is 19.4 Å². The molecule has 0 atom stereocenters. The molecule has 124 valence electrons. The summed E-state index contributed by atoms with van der Waals surface area (Å²) in [5.41, 5.74) is 2.41. The fraction of sp³-hybridized carbons (Fsp3) is 0.500. The summed E-state index contributed by atoms with van der Waals surface area (Å²) in [5.74, 6) is 0. The lowest BCUT2D eigenvalue weighted by atomic mass is 10.1. The standard InChI is InChI=1S/C18H26N4O/c1-14(2)21-9-11-22(12-10-21)18(23)19-8-7-15-13-20-17-6-4-3-5-16(15)17/h3-6,13-14,20H,7-12H2,1-2H3,(H,19,23). The molecule has 3 rings (SSSR count). The number of amides is 2. The Kier molecular flexibility index (Phi) is 4.86. The van der Waals surface area contributed by atoms with Gasteiger partial charge in [-0.15, -0.1) is 0 Å². The second-order valence-corrected chi connectivity index (χ2v) is 6.46. The number of nitrogens with zero attached hydrogens (tertiary/aromatic N) is 2. The molecule has 2 amide bonds. The highest BCUT2D eigenvalue weighted by atomic mass is 16.2. The highest BCUT2D eigenvalue weighted by Crippen LogP contribution is 2.17. The fourth-order valence-corrected chi connectivity index (χ4v) is 3.20. The first-order chi connectivity index (χ1) is 11.1. The average Bonchev–Trinajstić information content (AvgIpc) is 2.98. The molecule has 23 heavy (non-hydrogen) atoms. The zero-order valence-corrected chi connectivity index (χ0v) is 14.0. The van der Waals surface area contributed by atoms with Crippen molar-refractivity contribution >= 4 is 16.9 Å². The number of fused-ring (bicyclic) bond motifs is 1. The number of rotatable bonds is 4. The normalized spacial score (nSPS) is 16.2. The summed E-state index contributed by atoms with van der Waals surface area (Å²) < 4.78 is 0. The number of aromatic nitrogens is 1. The summed E-state index contributed by atoms with van der Waals surface area (Å²) in [6.07, 6.45) is 2.89. The Morgan fingerprint density at radius 3 is 2.70 bits per heavy atom. The molecule has 0 spiro atoms. The molecule has 1 aromatic heterocycles. The number of nitrogens with one attached hydrogen (secondary N) is 2. The van der Waals surface area contributed by atoms with Gasteiger partial charge in [-0.2, -0.15) is 0 Å². The van der Waals surface area contributed by atoms with E-state index >= 15 is 0 Å². The van der Waals surface area contributed by atoms with Gasteiger partial charge in [-0.1, -0.05) is 18.2 Å². The van der Waals surface area contributed by atoms with Crippen LogP contribution < -0.4 is 5.32 Å². The van der Waals surface area contributed by atoms with E-state index in [1.807, 2.05) is 23.2 Å². The van der Waals surface area contributed by atoms with Gasteiger partial charge in [0, 0.05) is 55.9 Å². The minimum atomic E-state index is 0.0632. The SMILES string of the molecule is CC(C)N1CCN(C(=O)NCCc2c[nH]c3ccccc23)CC1. The van der Waals surface area contributed by atoms with E-state index in [-0.39, 0.29) is 6.03 Å². The molecule has 1 aliphatic rings. The Labute approximate surface area is 137 Å². The van der Waals surface area contributed by atoms with E-state index in [1.54, 1.807) is 0 Å². The molecule has 2 aromatic rings. The van der Waals surface area contributed by atoms with E-state index < -0.39 is 0 Å². The maximum Gasteiger partial charge on any atom is 0.317 e. The van der Waals surface area contributed by atoms with E-state index in [0.717, 1.165) is 38.1 Å². The first-order valence-electron chi connectivity index (χ1n) is 8.47. The van der Waals surface area contributed by atoms with Crippen molar-refractivity contribution in [3.05, 3.63) is 36.0 Å². The summed E-state index contributed by atoms with van der Waals surface area (Å²) in [4.78, 5) is 19.9. The number of urea groups is 1. The number of para-hydroxylation sites is 1. The molecule has 1 fully saturated rings. The molecule has 2 heterocycles. The van der Waals surface area contributed by atoms with Crippen LogP contribution in [0.15, 0.2) is 30.5 Å². The molecular formula is C18H26N4O. The molecule has 5 nitrogen and oxygen atoms in total. The maximum atomic E-state index is 12.3. The Morgan fingerprint density at radius 1 is 1.22 bits per heavy atom. The van der Waals surface area contributed by atoms with Crippen LogP contribution in [0.2, 0.25) is 0 Å². The van der Waals surface area contributed by atoms with Gasteiger partial charge in [0.2, 0.25) is 0 Å². The largest absolute Gasteiger partial charge is 0.361 e. The van der Waals surface area contributed by atoms with Crippen LogP contribution in [0.25, 0.3) is 10.9 Å². The third-order valence-corrected chi connectivity index (χ3v) is 4.68. The molecule has 5 heteroatoms. The van der Waals surface area contributed by atoms with E-state index in [1.165, 1.54) is 10.9 Å². The highest BCUT2D eigenvalue weighted by molar-refractivity contribution is 5.83. The Bertz CT molecular complexity index is 656. The van der Waals surface area contributed by atoms with Gasteiger partial charge in [0.1, 0.15) is 0 Å². The van der Waals surface area contributed by atoms with Crippen molar-refractivity contribution in [1.29, 1.82) is 0 Å². The maximum absolute atomic E-state index is 12.3. The predicted molar refractivity (Wildman–Crippen MR) is 93.7 cm³/mol. The molecule has 0 saturated carbocycles. The van der Waals surface area contributed by atoms with Crippen molar-refractivity contribution in [2.24, 2.45) is 0 Å². The number of piperazine rings is 1. The van der Waals surface area contributed by atoms with Crippen molar-refractivity contribution in [2.45, 2.75) is 26.3 Å². The predicted octanol–water partition coefficient (Wildman–Crippen LogP) is 2.45. The molecule has 1 aromatic carbocycles. The number of hydrogen-bond donors (Lipinski definition) is 2. The molecule has 0 bridgehead atoms. The van der Waals surface area contributed by atoms with Gasteiger partial charge in [-0.05, 0) is 31.9 Å². The van der Waals surface area contributed by atoms with Crippen LogP contribution in [0.5, 0.6) is 0 Å². The zero-order valence-electron chi connectivity index (χ0n) is 14.0. The van der Waals surface area contributed by atoms with Crippen LogP contribution in [-0.2, 0) is 6.42 Å². The summed E-state index contributed by atoms with van der Waals surface area (Å²) in [5, 5.41) is 4.30. The van der Waals surface area contributed by atoms with E-state index in [0.29, 0.717) is 12.6 Å². The number of aromatic amines is 1. The van der Waals surface area contributed by atoms with Crippen LogP contribution in [0, 0.1) is 0 Å². The smallest absolute Gasteiger partial charge is 0.317 e. The van der Waals surface area contributed by atoms with Crippen LogP contribution in [0.4, 0.5) is 4.79 Å². The van der Waals surface area contributed by atoms with Gasteiger partial charge in [0.25, 0.3) is 0 Å². The number of hydrogen-bond acceptors (Lipinski definition) is 2. The van der Waals surface area contributed by atoms with Crippen molar-refractivity contribution < 1.29 is 4.79 Å². The van der Waals surface area contributed by atoms with Gasteiger partial charge in [0.15, 0.2) is 0 Å². The summed E-state index contributed by atoms with van der Waals surface area (Å²) in [6.45, 7) is 8.65. The monoisotopic (exact) mass is 314 g/mol. The summed E-state index contributed by atoms with van der Waals surface area (Å²) in [7, 11) is 0. The van der Waals surface area contributed by atoms with E-state index in [4.69, 9.17) is 0 Å². The fourth-order valence-electron chi connectivity index (χ4n) is 3.20. The first kappa shape index (κ1) is 15.9. The van der Waals surface area contributed by atoms with Crippen molar-refractivity contribution in [3.8, 4) is 0 Å². The molecule has 1 aliphatic heterocycles. The van der Waals surface area contributed by atoms with E-state index in [2.05, 4.69) is 41.2 Å². The second kappa shape index (κ2) is 7.04. The highest BCUT2D eigenvalue weighted by Gasteiger charge is 2.21. The Hall–Kier alpha value is -2.01. The summed E-state index contributed by atoms with van der Waals surface area (Å²) >= 11 is 0. The molecule has 0 unspecified atom stereocenters. The lowest BCUT2D eigenvalue weighted by Crippen LogP contribution is -2.53. The summed E-state index contributed by atoms with van der Waals surface area (Å²) in [6, 6.07) is 8.89. The lowest BCUT2D eigenvalue weighted by molar-refractivity contribution is 0.119. The van der Waals surface area contributed by atoms with Crippen LogP contribution in [-0.4, -0.2) is 59.6 Å². The molecule has 0 aliphatic carbocycles. The molecule has 0 radical (unpaired) electrons. The minimum absolute atomic E-state index is 0.0632. The topological polar surface area (TPSA) is 51.4 Å². The molecular weight excluding hydrogens is 288 g/mol. The van der Waals surface area contributed by atoms with E-state index in [9.17, 15) is 4.79 Å². The van der Waals surface area contributed by atoms with Crippen LogP contribution in [0.3, 0.4) is 0 Å². The lowest BCUT2D eigenvalue weighted by Gasteiger charge is -2.36. The van der Waals surface area contributed by atoms with Gasteiger partial charge in [-0.3, -0.25) is 4.90 Å². The zero-order chi connectivity index (χ0) is 16.2. The minimum Gasteiger partial charge on any atom is -0.361 e. The number of H-pyrrole nitrogens is 1. The quantitative estimate of drug-likeness (QED) is 0.911. The number of benzene rings is 1. The van der Waals surface area contributed by atoms with Gasteiger partial charge >= 0.3 is 6.03 Å². The van der Waals surface area contributed by atoms with Gasteiger partial charge in [0.05, 0.1) is 0 Å². The molecule has 1 saturated heterocycles. The Morgan fingerprint density at radius 2 is 1.96 bits per heavy atom. The van der Waals surface area contributed by atoms with Crippen LogP contribution >= 0.6 is 0 Å².